The molecule has 0 aromatic heterocycles. The van der Waals surface area contributed by atoms with Crippen LogP contribution in [0.1, 0.15) is 40.5 Å². The van der Waals surface area contributed by atoms with E-state index in [9.17, 15) is 4.79 Å². The molecule has 0 saturated heterocycles. The Morgan fingerprint density at radius 2 is 1.89 bits per heavy atom. The van der Waals surface area contributed by atoms with Crippen LogP contribution in [0.4, 0.5) is 0 Å². The number of rotatable bonds is 9. The van der Waals surface area contributed by atoms with E-state index in [-0.39, 0.29) is 5.91 Å². The van der Waals surface area contributed by atoms with E-state index in [1.807, 2.05) is 18.7 Å². The SMILES string of the molecule is CCC(CC)(C(=O)N(CCOC)CC(C)C)C(N)=S. The molecule has 0 aliphatic heterocycles. The maximum atomic E-state index is 12.8. The molecular formula is C14H28N2O2S. The third-order valence-electron chi connectivity index (χ3n) is 3.53. The molecule has 0 heterocycles. The number of ether oxygens (including phenoxy) is 1. The van der Waals surface area contributed by atoms with Crippen molar-refractivity contribution < 1.29 is 9.53 Å². The van der Waals surface area contributed by atoms with Crippen LogP contribution in [-0.2, 0) is 9.53 Å². The Morgan fingerprint density at radius 1 is 1.37 bits per heavy atom. The van der Waals surface area contributed by atoms with Crippen molar-refractivity contribution in [3.8, 4) is 0 Å². The normalized spacial score (nSPS) is 11.7. The Hall–Kier alpha value is -0.680. The minimum absolute atomic E-state index is 0.0377. The van der Waals surface area contributed by atoms with Crippen LogP contribution in [0.15, 0.2) is 0 Å². The van der Waals surface area contributed by atoms with Crippen molar-refractivity contribution in [1.82, 2.24) is 4.90 Å². The van der Waals surface area contributed by atoms with Gasteiger partial charge >= 0.3 is 0 Å². The molecule has 0 aliphatic carbocycles. The highest BCUT2D eigenvalue weighted by Gasteiger charge is 2.40. The fraction of sp³-hybridized carbons (Fsp3) is 0.857. The van der Waals surface area contributed by atoms with Gasteiger partial charge in [-0.3, -0.25) is 4.79 Å². The fourth-order valence-corrected chi connectivity index (χ4v) is 2.60. The van der Waals surface area contributed by atoms with Crippen LogP contribution in [0.2, 0.25) is 0 Å². The fourth-order valence-electron chi connectivity index (χ4n) is 2.23. The Kier molecular flexibility index (Phi) is 8.18. The van der Waals surface area contributed by atoms with Crippen LogP contribution < -0.4 is 5.73 Å². The van der Waals surface area contributed by atoms with Crippen LogP contribution >= 0.6 is 12.2 Å². The third-order valence-corrected chi connectivity index (χ3v) is 3.92. The van der Waals surface area contributed by atoms with Gasteiger partial charge in [0.15, 0.2) is 0 Å². The van der Waals surface area contributed by atoms with Gasteiger partial charge in [-0.25, -0.2) is 0 Å². The van der Waals surface area contributed by atoms with Gasteiger partial charge < -0.3 is 15.4 Å². The highest BCUT2D eigenvalue weighted by Crippen LogP contribution is 2.30. The summed E-state index contributed by atoms with van der Waals surface area (Å²) >= 11 is 5.15. The molecule has 0 saturated carbocycles. The van der Waals surface area contributed by atoms with Gasteiger partial charge in [0.25, 0.3) is 0 Å². The average Bonchev–Trinajstić information content (AvgIpc) is 2.35. The van der Waals surface area contributed by atoms with Crippen LogP contribution in [0.5, 0.6) is 0 Å². The second kappa shape index (κ2) is 8.48. The molecule has 2 N–H and O–H groups in total. The predicted octanol–water partition coefficient (Wildman–Crippen LogP) is 2.21. The van der Waals surface area contributed by atoms with E-state index in [0.717, 1.165) is 0 Å². The summed E-state index contributed by atoms with van der Waals surface area (Å²) in [4.78, 5) is 14.9. The lowest BCUT2D eigenvalue weighted by molar-refractivity contribution is -0.139. The summed E-state index contributed by atoms with van der Waals surface area (Å²) in [6.07, 6.45) is 1.28. The number of carbonyl (C=O) groups excluding carboxylic acids is 1. The lowest BCUT2D eigenvalue weighted by Crippen LogP contribution is -2.51. The maximum Gasteiger partial charge on any atom is 0.235 e. The lowest BCUT2D eigenvalue weighted by atomic mass is 9.80. The van der Waals surface area contributed by atoms with Crippen LogP contribution in [0.25, 0.3) is 0 Å². The van der Waals surface area contributed by atoms with Crippen molar-refractivity contribution in [1.29, 1.82) is 0 Å². The van der Waals surface area contributed by atoms with Crippen molar-refractivity contribution in [3.05, 3.63) is 0 Å². The molecule has 0 aliphatic rings. The van der Waals surface area contributed by atoms with Crippen molar-refractivity contribution in [2.75, 3.05) is 26.8 Å². The van der Waals surface area contributed by atoms with Crippen LogP contribution in [-0.4, -0.2) is 42.6 Å². The highest BCUT2D eigenvalue weighted by atomic mass is 32.1. The molecule has 0 rings (SSSR count). The highest BCUT2D eigenvalue weighted by molar-refractivity contribution is 7.80. The van der Waals surface area contributed by atoms with Gasteiger partial charge in [-0.2, -0.15) is 0 Å². The zero-order valence-electron chi connectivity index (χ0n) is 12.9. The summed E-state index contributed by atoms with van der Waals surface area (Å²) in [5.74, 6) is 0.439. The van der Waals surface area contributed by atoms with E-state index < -0.39 is 5.41 Å². The monoisotopic (exact) mass is 288 g/mol. The Labute approximate surface area is 122 Å². The Bertz CT molecular complexity index is 302. The third kappa shape index (κ3) is 4.73. The number of nitrogens with zero attached hydrogens (tertiary/aromatic N) is 1. The second-order valence-electron chi connectivity index (χ2n) is 5.29. The number of amides is 1. The molecule has 1 amide bonds. The first-order valence-corrected chi connectivity index (χ1v) is 7.34. The molecule has 0 bridgehead atoms. The minimum atomic E-state index is -0.710. The maximum absolute atomic E-state index is 12.8. The Balaban J connectivity index is 5.16. The first kappa shape index (κ1) is 18.3. The smallest absolute Gasteiger partial charge is 0.235 e. The summed E-state index contributed by atoms with van der Waals surface area (Å²) in [7, 11) is 1.64. The number of methoxy groups -OCH3 is 1. The van der Waals surface area contributed by atoms with Gasteiger partial charge in [-0.15, -0.1) is 0 Å². The lowest BCUT2D eigenvalue weighted by Gasteiger charge is -2.36. The van der Waals surface area contributed by atoms with Crippen LogP contribution in [0.3, 0.4) is 0 Å². The average molecular weight is 288 g/mol. The number of hydrogen-bond donors (Lipinski definition) is 1. The van der Waals surface area contributed by atoms with E-state index in [1.165, 1.54) is 0 Å². The van der Waals surface area contributed by atoms with Gasteiger partial charge in [-0.1, -0.05) is 39.9 Å². The van der Waals surface area contributed by atoms with Crippen molar-refractivity contribution in [3.63, 3.8) is 0 Å². The molecule has 5 heteroatoms. The van der Waals surface area contributed by atoms with Gasteiger partial charge in [0.05, 0.1) is 17.0 Å². The van der Waals surface area contributed by atoms with Crippen molar-refractivity contribution >= 4 is 23.1 Å². The molecule has 0 aromatic rings. The molecule has 0 spiro atoms. The first-order chi connectivity index (χ1) is 8.85. The zero-order chi connectivity index (χ0) is 15.1. The van der Waals surface area contributed by atoms with Crippen molar-refractivity contribution in [2.24, 2.45) is 17.1 Å². The van der Waals surface area contributed by atoms with Crippen molar-refractivity contribution in [2.45, 2.75) is 40.5 Å². The molecule has 0 unspecified atom stereocenters. The van der Waals surface area contributed by atoms with Gasteiger partial charge in [-0.05, 0) is 18.8 Å². The predicted molar refractivity (Wildman–Crippen MR) is 83.1 cm³/mol. The minimum Gasteiger partial charge on any atom is -0.392 e. The summed E-state index contributed by atoms with van der Waals surface area (Å²) < 4.78 is 5.09. The quantitative estimate of drug-likeness (QED) is 0.661. The van der Waals surface area contributed by atoms with E-state index in [2.05, 4.69) is 13.8 Å². The number of hydrogen-bond acceptors (Lipinski definition) is 3. The summed E-state index contributed by atoms with van der Waals surface area (Å²) in [6.45, 7) is 9.92. The number of carbonyl (C=O) groups is 1. The standard InChI is InChI=1S/C14H28N2O2S/c1-6-14(7-2,12(15)19)13(17)16(8-9-18-5)10-11(3)4/h11H,6-10H2,1-5H3,(H2,15,19). The molecule has 0 atom stereocenters. The summed E-state index contributed by atoms with van der Waals surface area (Å²) in [5.41, 5.74) is 5.13. The molecular weight excluding hydrogens is 260 g/mol. The van der Waals surface area contributed by atoms with Gasteiger partial charge in [0.1, 0.15) is 0 Å². The van der Waals surface area contributed by atoms with Gasteiger partial charge in [0.2, 0.25) is 5.91 Å². The summed E-state index contributed by atoms with van der Waals surface area (Å²) in [6, 6.07) is 0. The largest absolute Gasteiger partial charge is 0.392 e. The topological polar surface area (TPSA) is 55.6 Å². The number of thiocarbonyl (C=S) groups is 1. The molecule has 0 aromatic carbocycles. The molecule has 0 radical (unpaired) electrons. The van der Waals surface area contributed by atoms with E-state index >= 15 is 0 Å². The first-order valence-electron chi connectivity index (χ1n) is 6.93. The number of nitrogens with two attached hydrogens (primary N) is 1. The Morgan fingerprint density at radius 3 is 2.21 bits per heavy atom. The van der Waals surface area contributed by atoms with E-state index in [0.29, 0.717) is 43.4 Å². The molecule has 19 heavy (non-hydrogen) atoms. The molecule has 0 fully saturated rings. The van der Waals surface area contributed by atoms with Crippen LogP contribution in [0, 0.1) is 11.3 Å². The molecule has 4 nitrogen and oxygen atoms in total. The zero-order valence-corrected chi connectivity index (χ0v) is 13.7. The summed E-state index contributed by atoms with van der Waals surface area (Å²) in [5, 5.41) is 0. The van der Waals surface area contributed by atoms with E-state index in [4.69, 9.17) is 22.7 Å². The van der Waals surface area contributed by atoms with Gasteiger partial charge in [0, 0.05) is 20.2 Å². The second-order valence-corrected chi connectivity index (χ2v) is 5.73. The molecule has 112 valence electrons. The van der Waals surface area contributed by atoms with E-state index in [1.54, 1.807) is 7.11 Å².